The van der Waals surface area contributed by atoms with E-state index in [0.717, 1.165) is 12.2 Å². The lowest BCUT2D eigenvalue weighted by Crippen LogP contribution is -2.30. The highest BCUT2D eigenvalue weighted by Gasteiger charge is 2.18. The van der Waals surface area contributed by atoms with Gasteiger partial charge in [-0.2, -0.15) is 0 Å². The van der Waals surface area contributed by atoms with Crippen LogP contribution in [0, 0.1) is 0 Å². The minimum atomic E-state index is -0.135. The second-order valence-corrected chi connectivity index (χ2v) is 4.81. The molecule has 0 saturated carbocycles. The molecule has 0 saturated heterocycles. The normalized spacial score (nSPS) is 14.3. The molecule has 3 N–H and O–H groups in total. The molecule has 0 bridgehead atoms. The van der Waals surface area contributed by atoms with Crippen LogP contribution in [0.1, 0.15) is 16.8 Å². The molecule has 20 heavy (non-hydrogen) atoms. The Labute approximate surface area is 118 Å². The fraction of sp³-hybridized carbons (Fsp3) is 0.429. The van der Waals surface area contributed by atoms with E-state index >= 15 is 0 Å². The van der Waals surface area contributed by atoms with Gasteiger partial charge >= 0.3 is 0 Å². The smallest absolute Gasteiger partial charge is 0.251 e. The molecule has 0 fully saturated rings. The van der Waals surface area contributed by atoms with Gasteiger partial charge in [0.2, 0.25) is 5.91 Å². The summed E-state index contributed by atoms with van der Waals surface area (Å²) in [7, 11) is 3.77. The second kappa shape index (κ2) is 6.38. The molecular formula is C14H20N4O2. The van der Waals surface area contributed by atoms with Crippen LogP contribution in [-0.2, 0) is 4.79 Å². The minimum Gasteiger partial charge on any atom is -0.372 e. The third-order valence-corrected chi connectivity index (χ3v) is 3.28. The second-order valence-electron chi connectivity index (χ2n) is 4.81. The van der Waals surface area contributed by atoms with Crippen LogP contribution < -0.4 is 20.9 Å². The highest BCUT2D eigenvalue weighted by atomic mass is 16.2. The first-order valence-corrected chi connectivity index (χ1v) is 6.69. The molecule has 6 nitrogen and oxygen atoms in total. The Kier molecular flexibility index (Phi) is 4.57. The maximum Gasteiger partial charge on any atom is 0.251 e. The highest BCUT2D eigenvalue weighted by molar-refractivity contribution is 6.00. The van der Waals surface area contributed by atoms with E-state index in [-0.39, 0.29) is 11.8 Å². The van der Waals surface area contributed by atoms with Crippen molar-refractivity contribution in [2.24, 2.45) is 0 Å². The molecule has 0 aliphatic carbocycles. The maximum atomic E-state index is 12.0. The molecule has 1 aromatic rings. The predicted molar refractivity (Wildman–Crippen MR) is 79.2 cm³/mol. The van der Waals surface area contributed by atoms with Crippen LogP contribution in [0.2, 0.25) is 0 Å². The van der Waals surface area contributed by atoms with E-state index in [0.29, 0.717) is 30.8 Å². The zero-order valence-electron chi connectivity index (χ0n) is 11.8. The average molecular weight is 276 g/mol. The van der Waals surface area contributed by atoms with Crippen molar-refractivity contribution >= 4 is 23.2 Å². The van der Waals surface area contributed by atoms with E-state index in [1.807, 2.05) is 25.1 Å². The fourth-order valence-electron chi connectivity index (χ4n) is 2.12. The first-order valence-electron chi connectivity index (χ1n) is 6.69. The summed E-state index contributed by atoms with van der Waals surface area (Å²) in [5.74, 6) is -0.160. The van der Waals surface area contributed by atoms with Crippen molar-refractivity contribution in [1.82, 2.24) is 10.6 Å². The topological polar surface area (TPSA) is 73.5 Å². The summed E-state index contributed by atoms with van der Waals surface area (Å²) in [6.45, 7) is 1.96. The zero-order valence-corrected chi connectivity index (χ0v) is 11.8. The van der Waals surface area contributed by atoms with Gasteiger partial charge in [0.05, 0.1) is 11.4 Å². The molecule has 108 valence electrons. The Bertz CT molecular complexity index is 516. The summed E-state index contributed by atoms with van der Waals surface area (Å²) in [6, 6.07) is 5.37. The van der Waals surface area contributed by atoms with E-state index in [2.05, 4.69) is 16.0 Å². The molecule has 0 radical (unpaired) electrons. The van der Waals surface area contributed by atoms with Gasteiger partial charge in [-0.3, -0.25) is 9.59 Å². The Morgan fingerprint density at radius 3 is 2.95 bits per heavy atom. The number of benzene rings is 1. The van der Waals surface area contributed by atoms with Crippen molar-refractivity contribution in [1.29, 1.82) is 0 Å². The van der Waals surface area contributed by atoms with Crippen LogP contribution in [0.25, 0.3) is 0 Å². The number of carbonyl (C=O) groups is 2. The van der Waals surface area contributed by atoms with Gasteiger partial charge in [0.25, 0.3) is 5.91 Å². The standard InChI is InChI=1S/C14H20N4O2/c1-15-6-7-16-14(20)10-3-4-12-11(9-10)17-13(19)5-8-18(12)2/h3-4,9,15H,5-8H2,1-2H3,(H,16,20)(H,17,19). The van der Waals surface area contributed by atoms with Gasteiger partial charge in [0.15, 0.2) is 0 Å². The average Bonchev–Trinajstić information content (AvgIpc) is 2.58. The number of hydrogen-bond acceptors (Lipinski definition) is 4. The van der Waals surface area contributed by atoms with Gasteiger partial charge in [0.1, 0.15) is 0 Å². The number of amides is 2. The molecule has 1 aliphatic heterocycles. The summed E-state index contributed by atoms with van der Waals surface area (Å²) in [5.41, 5.74) is 2.18. The molecular weight excluding hydrogens is 256 g/mol. The van der Waals surface area contributed by atoms with Gasteiger partial charge in [-0.25, -0.2) is 0 Å². The molecule has 2 amide bonds. The van der Waals surface area contributed by atoms with Crippen molar-refractivity contribution in [2.75, 3.05) is 43.9 Å². The summed E-state index contributed by atoms with van der Waals surface area (Å²) >= 11 is 0. The van der Waals surface area contributed by atoms with Crippen LogP contribution >= 0.6 is 0 Å². The van der Waals surface area contributed by atoms with Gasteiger partial charge in [-0.1, -0.05) is 0 Å². The van der Waals surface area contributed by atoms with Crippen LogP contribution in [0.3, 0.4) is 0 Å². The summed E-state index contributed by atoms with van der Waals surface area (Å²) in [4.78, 5) is 25.6. The van der Waals surface area contributed by atoms with Crippen LogP contribution in [0.4, 0.5) is 11.4 Å². The Balaban J connectivity index is 2.17. The summed E-state index contributed by atoms with van der Waals surface area (Å²) < 4.78 is 0. The van der Waals surface area contributed by atoms with E-state index in [1.165, 1.54) is 0 Å². The third kappa shape index (κ3) is 3.27. The number of carbonyl (C=O) groups excluding carboxylic acids is 2. The molecule has 0 spiro atoms. The van der Waals surface area contributed by atoms with E-state index in [4.69, 9.17) is 0 Å². The predicted octanol–water partition coefficient (Wildman–Crippen LogP) is 0.414. The Morgan fingerprint density at radius 1 is 1.40 bits per heavy atom. The van der Waals surface area contributed by atoms with Crippen molar-refractivity contribution in [2.45, 2.75) is 6.42 Å². The SMILES string of the molecule is CNCCNC(=O)c1ccc2c(c1)NC(=O)CCN2C. The van der Waals surface area contributed by atoms with Crippen molar-refractivity contribution in [3.8, 4) is 0 Å². The van der Waals surface area contributed by atoms with Gasteiger partial charge < -0.3 is 20.9 Å². The van der Waals surface area contributed by atoms with Crippen molar-refractivity contribution in [3.05, 3.63) is 23.8 Å². The first-order chi connectivity index (χ1) is 9.61. The lowest BCUT2D eigenvalue weighted by Gasteiger charge is -2.18. The van der Waals surface area contributed by atoms with E-state index in [9.17, 15) is 9.59 Å². The van der Waals surface area contributed by atoms with Gasteiger partial charge in [-0.05, 0) is 25.2 Å². The minimum absolute atomic E-state index is 0.0247. The fourth-order valence-corrected chi connectivity index (χ4v) is 2.12. The number of nitrogens with one attached hydrogen (secondary N) is 3. The first kappa shape index (κ1) is 14.3. The Morgan fingerprint density at radius 2 is 2.20 bits per heavy atom. The van der Waals surface area contributed by atoms with Crippen LogP contribution in [0.15, 0.2) is 18.2 Å². The molecule has 6 heteroatoms. The number of rotatable bonds is 4. The van der Waals surface area contributed by atoms with Crippen LogP contribution in [0.5, 0.6) is 0 Å². The van der Waals surface area contributed by atoms with E-state index < -0.39 is 0 Å². The lowest BCUT2D eigenvalue weighted by atomic mass is 10.1. The highest BCUT2D eigenvalue weighted by Crippen LogP contribution is 2.28. The largest absolute Gasteiger partial charge is 0.372 e. The molecule has 0 atom stereocenters. The van der Waals surface area contributed by atoms with E-state index in [1.54, 1.807) is 12.1 Å². The Hall–Kier alpha value is -2.08. The quantitative estimate of drug-likeness (QED) is 0.697. The molecule has 0 aromatic heterocycles. The zero-order chi connectivity index (χ0) is 14.5. The number of fused-ring (bicyclic) bond motifs is 1. The van der Waals surface area contributed by atoms with Crippen molar-refractivity contribution in [3.63, 3.8) is 0 Å². The summed E-state index contributed by atoms with van der Waals surface area (Å²) in [5, 5.41) is 8.63. The van der Waals surface area contributed by atoms with Crippen LogP contribution in [-0.4, -0.2) is 45.5 Å². The monoisotopic (exact) mass is 276 g/mol. The lowest BCUT2D eigenvalue weighted by molar-refractivity contribution is -0.115. The molecule has 1 aliphatic rings. The number of nitrogens with zero attached hydrogens (tertiary/aromatic N) is 1. The molecule has 0 unspecified atom stereocenters. The van der Waals surface area contributed by atoms with Crippen molar-refractivity contribution < 1.29 is 9.59 Å². The summed E-state index contributed by atoms with van der Waals surface area (Å²) in [6.07, 6.45) is 0.453. The number of likely N-dealkylation sites (N-methyl/N-ethyl adjacent to an activating group) is 1. The molecule has 1 heterocycles. The number of hydrogen-bond donors (Lipinski definition) is 3. The molecule has 2 rings (SSSR count). The van der Waals surface area contributed by atoms with Gasteiger partial charge in [-0.15, -0.1) is 0 Å². The number of anilines is 2. The third-order valence-electron chi connectivity index (χ3n) is 3.28. The molecule has 1 aromatic carbocycles. The maximum absolute atomic E-state index is 12.0. The van der Waals surface area contributed by atoms with Gasteiger partial charge in [0, 0.05) is 38.7 Å².